The largest absolute Gasteiger partial charge is 0.497 e. The normalized spacial score (nSPS) is 10.1. The fraction of sp³-hybridized carbons (Fsp3) is 0.235. The maximum Gasteiger partial charge on any atom is 0.255 e. The summed E-state index contributed by atoms with van der Waals surface area (Å²) in [4.78, 5) is 12.4. The summed E-state index contributed by atoms with van der Waals surface area (Å²) in [6, 6.07) is 12.9. The first-order valence-electron chi connectivity index (χ1n) is 6.79. The van der Waals surface area contributed by atoms with Crippen LogP contribution in [0.15, 0.2) is 42.5 Å². The van der Waals surface area contributed by atoms with Gasteiger partial charge in [-0.2, -0.15) is 11.8 Å². The number of carbonyl (C=O) groups excluding carboxylic acids is 1. The Morgan fingerprint density at radius 2 is 1.95 bits per heavy atom. The zero-order valence-corrected chi connectivity index (χ0v) is 13.7. The number of thioether (sulfide) groups is 1. The van der Waals surface area contributed by atoms with Gasteiger partial charge < -0.3 is 14.8 Å². The van der Waals surface area contributed by atoms with Gasteiger partial charge in [0.1, 0.15) is 11.5 Å². The molecule has 0 fully saturated rings. The van der Waals surface area contributed by atoms with Crippen molar-refractivity contribution in [1.29, 1.82) is 0 Å². The van der Waals surface area contributed by atoms with E-state index < -0.39 is 0 Å². The Kier molecular flexibility index (Phi) is 5.72. The molecular weight excluding hydrogens is 298 g/mol. The monoisotopic (exact) mass is 317 g/mol. The highest BCUT2D eigenvalue weighted by molar-refractivity contribution is 7.97. The van der Waals surface area contributed by atoms with Gasteiger partial charge in [0.15, 0.2) is 0 Å². The third-order valence-corrected chi connectivity index (χ3v) is 3.78. The van der Waals surface area contributed by atoms with E-state index >= 15 is 0 Å². The van der Waals surface area contributed by atoms with Gasteiger partial charge in [0, 0.05) is 17.4 Å². The molecule has 4 nitrogen and oxygen atoms in total. The second kappa shape index (κ2) is 7.75. The number of ether oxygens (including phenoxy) is 2. The van der Waals surface area contributed by atoms with Crippen LogP contribution < -0.4 is 14.8 Å². The molecule has 0 spiro atoms. The Morgan fingerprint density at radius 1 is 1.14 bits per heavy atom. The van der Waals surface area contributed by atoms with E-state index in [1.807, 2.05) is 24.5 Å². The van der Waals surface area contributed by atoms with Crippen LogP contribution in [0.2, 0.25) is 0 Å². The fourth-order valence-corrected chi connectivity index (χ4v) is 2.58. The molecular formula is C17H19NO3S. The van der Waals surface area contributed by atoms with Crippen LogP contribution in [0.5, 0.6) is 11.5 Å². The number of benzene rings is 2. The molecule has 0 heterocycles. The van der Waals surface area contributed by atoms with Crippen LogP contribution >= 0.6 is 11.8 Å². The molecule has 5 heteroatoms. The second-order valence-electron chi connectivity index (χ2n) is 4.65. The van der Waals surface area contributed by atoms with Crippen LogP contribution in [-0.2, 0) is 5.75 Å². The van der Waals surface area contributed by atoms with Crippen LogP contribution in [0.25, 0.3) is 0 Å². The van der Waals surface area contributed by atoms with E-state index in [1.165, 1.54) is 0 Å². The van der Waals surface area contributed by atoms with Gasteiger partial charge in [-0.15, -0.1) is 0 Å². The summed E-state index contributed by atoms with van der Waals surface area (Å²) in [7, 11) is 3.15. The highest BCUT2D eigenvalue weighted by Gasteiger charge is 2.11. The molecule has 1 amide bonds. The summed E-state index contributed by atoms with van der Waals surface area (Å²) in [5, 5.41) is 2.87. The van der Waals surface area contributed by atoms with Crippen molar-refractivity contribution in [2.24, 2.45) is 0 Å². The molecule has 0 radical (unpaired) electrons. The van der Waals surface area contributed by atoms with Gasteiger partial charge in [0.25, 0.3) is 5.91 Å². The fourth-order valence-electron chi connectivity index (χ4n) is 2.07. The van der Waals surface area contributed by atoms with Crippen molar-refractivity contribution in [3.8, 4) is 11.5 Å². The van der Waals surface area contributed by atoms with Gasteiger partial charge in [-0.25, -0.2) is 0 Å². The highest BCUT2D eigenvalue weighted by atomic mass is 32.2. The van der Waals surface area contributed by atoms with Gasteiger partial charge in [0.05, 0.1) is 19.9 Å². The number of hydrogen-bond donors (Lipinski definition) is 1. The molecule has 0 atom stereocenters. The summed E-state index contributed by atoms with van der Waals surface area (Å²) in [5.41, 5.74) is 2.37. The molecule has 1 N–H and O–H groups in total. The van der Waals surface area contributed by atoms with Crippen molar-refractivity contribution in [1.82, 2.24) is 0 Å². The molecule has 0 aliphatic carbocycles. The Morgan fingerprint density at radius 3 is 2.64 bits per heavy atom. The van der Waals surface area contributed by atoms with Gasteiger partial charge in [-0.05, 0) is 36.1 Å². The summed E-state index contributed by atoms with van der Waals surface area (Å²) >= 11 is 1.72. The summed E-state index contributed by atoms with van der Waals surface area (Å²) in [6.07, 6.45) is 2.04. The van der Waals surface area contributed by atoms with E-state index in [9.17, 15) is 4.79 Å². The molecule has 0 aliphatic rings. The molecule has 0 saturated carbocycles. The maximum absolute atomic E-state index is 12.4. The number of anilines is 1. The molecule has 0 aliphatic heterocycles. The minimum atomic E-state index is -0.161. The van der Waals surface area contributed by atoms with E-state index in [2.05, 4.69) is 5.32 Å². The van der Waals surface area contributed by atoms with E-state index in [4.69, 9.17) is 9.47 Å². The average Bonchev–Trinajstić information content (AvgIpc) is 2.55. The van der Waals surface area contributed by atoms with Gasteiger partial charge >= 0.3 is 0 Å². The zero-order chi connectivity index (χ0) is 15.9. The lowest BCUT2D eigenvalue weighted by atomic mass is 10.1. The molecule has 0 bridgehead atoms. The summed E-state index contributed by atoms with van der Waals surface area (Å²) in [5.74, 6) is 1.96. The Bertz CT molecular complexity index is 658. The van der Waals surface area contributed by atoms with E-state index in [0.717, 1.165) is 11.3 Å². The topological polar surface area (TPSA) is 47.6 Å². The standard InChI is InChI=1S/C17H19NO3S/c1-20-14-7-8-15(16(10-14)21-2)18-17(19)13-6-4-5-12(9-13)11-22-3/h4-10H,11H2,1-3H3,(H,18,19). The number of hydrogen-bond acceptors (Lipinski definition) is 4. The van der Waals surface area contributed by atoms with Crippen molar-refractivity contribution in [3.05, 3.63) is 53.6 Å². The zero-order valence-electron chi connectivity index (χ0n) is 12.9. The van der Waals surface area contributed by atoms with E-state index in [-0.39, 0.29) is 5.91 Å². The number of rotatable bonds is 6. The molecule has 0 unspecified atom stereocenters. The lowest BCUT2D eigenvalue weighted by molar-refractivity contribution is 0.102. The third-order valence-electron chi connectivity index (χ3n) is 3.16. The highest BCUT2D eigenvalue weighted by Crippen LogP contribution is 2.29. The second-order valence-corrected chi connectivity index (χ2v) is 5.52. The van der Waals surface area contributed by atoms with Gasteiger partial charge in [-0.1, -0.05) is 12.1 Å². The maximum atomic E-state index is 12.4. The van der Waals surface area contributed by atoms with Crippen LogP contribution in [0.1, 0.15) is 15.9 Å². The molecule has 116 valence electrons. The number of amides is 1. The Hall–Kier alpha value is -2.14. The third kappa shape index (κ3) is 3.95. The number of methoxy groups -OCH3 is 2. The quantitative estimate of drug-likeness (QED) is 0.880. The van der Waals surface area contributed by atoms with Crippen LogP contribution in [-0.4, -0.2) is 26.4 Å². The molecule has 2 aromatic rings. The smallest absolute Gasteiger partial charge is 0.255 e. The van der Waals surface area contributed by atoms with Gasteiger partial charge in [0.2, 0.25) is 0 Å². The minimum Gasteiger partial charge on any atom is -0.497 e. The summed E-state index contributed by atoms with van der Waals surface area (Å²) in [6.45, 7) is 0. The summed E-state index contributed by atoms with van der Waals surface area (Å²) < 4.78 is 10.4. The van der Waals surface area contributed by atoms with Crippen LogP contribution in [0.3, 0.4) is 0 Å². The van der Waals surface area contributed by atoms with Gasteiger partial charge in [-0.3, -0.25) is 4.79 Å². The van der Waals surface area contributed by atoms with Crippen molar-refractivity contribution >= 4 is 23.4 Å². The van der Waals surface area contributed by atoms with Crippen LogP contribution in [0, 0.1) is 0 Å². The molecule has 2 rings (SSSR count). The molecule has 0 aromatic heterocycles. The lowest BCUT2D eigenvalue weighted by Gasteiger charge is -2.12. The van der Waals surface area contributed by atoms with E-state index in [1.54, 1.807) is 50.2 Å². The van der Waals surface area contributed by atoms with Crippen molar-refractivity contribution < 1.29 is 14.3 Å². The first-order valence-corrected chi connectivity index (χ1v) is 8.18. The Balaban J connectivity index is 2.19. The van der Waals surface area contributed by atoms with Crippen molar-refractivity contribution in [2.45, 2.75) is 5.75 Å². The average molecular weight is 317 g/mol. The lowest BCUT2D eigenvalue weighted by Crippen LogP contribution is -2.13. The SMILES string of the molecule is COc1ccc(NC(=O)c2cccc(CSC)c2)c(OC)c1. The first-order chi connectivity index (χ1) is 10.7. The predicted molar refractivity (Wildman–Crippen MR) is 91.2 cm³/mol. The van der Waals surface area contributed by atoms with Crippen molar-refractivity contribution in [2.75, 3.05) is 25.8 Å². The Labute approximate surface area is 134 Å². The molecule has 2 aromatic carbocycles. The first kappa shape index (κ1) is 16.2. The predicted octanol–water partition coefficient (Wildman–Crippen LogP) is 3.82. The molecule has 0 saturated heterocycles. The minimum absolute atomic E-state index is 0.161. The molecule has 22 heavy (non-hydrogen) atoms. The van der Waals surface area contributed by atoms with Crippen LogP contribution in [0.4, 0.5) is 5.69 Å². The van der Waals surface area contributed by atoms with E-state index in [0.29, 0.717) is 22.7 Å². The number of nitrogens with one attached hydrogen (secondary N) is 1. The number of carbonyl (C=O) groups is 1. The van der Waals surface area contributed by atoms with Crippen molar-refractivity contribution in [3.63, 3.8) is 0 Å².